The second kappa shape index (κ2) is 6.34. The molecule has 0 spiro atoms. The Morgan fingerprint density at radius 2 is 1.81 bits per heavy atom. The molecule has 130 valence electrons. The lowest BCUT2D eigenvalue weighted by atomic mass is 10.1. The number of carbonyl (C=O) groups is 2. The quantitative estimate of drug-likeness (QED) is 0.434. The van der Waals surface area contributed by atoms with Crippen molar-refractivity contribution < 1.29 is 14.0 Å². The maximum Gasteiger partial charge on any atom is 0.305 e. The summed E-state index contributed by atoms with van der Waals surface area (Å²) in [5.74, 6) is -0.757. The fraction of sp³-hybridized carbons (Fsp3) is 0.0526. The van der Waals surface area contributed by atoms with Crippen LogP contribution in [0.2, 0.25) is 0 Å². The Balaban J connectivity index is 1.54. The van der Waals surface area contributed by atoms with Crippen LogP contribution in [0.5, 0.6) is 0 Å². The van der Waals surface area contributed by atoms with E-state index in [-0.39, 0.29) is 5.76 Å². The lowest BCUT2D eigenvalue weighted by molar-refractivity contribution is 0.0832. The molecule has 0 unspecified atom stereocenters. The van der Waals surface area contributed by atoms with Crippen LogP contribution in [0, 0.1) is 6.92 Å². The van der Waals surface area contributed by atoms with E-state index in [9.17, 15) is 9.59 Å². The molecule has 0 saturated heterocycles. The maximum atomic E-state index is 12.4. The van der Waals surface area contributed by atoms with E-state index >= 15 is 0 Å². The van der Waals surface area contributed by atoms with Crippen molar-refractivity contribution in [2.24, 2.45) is 0 Å². The summed E-state index contributed by atoms with van der Waals surface area (Å²) in [5.41, 5.74) is 7.46. The predicted octanol–water partition coefficient (Wildman–Crippen LogP) is 4.06. The summed E-state index contributed by atoms with van der Waals surface area (Å²) in [6.45, 7) is 1.80. The molecule has 2 aromatic heterocycles. The Labute approximate surface area is 156 Å². The molecular formula is C19H14BrN3O3. The fourth-order valence-electron chi connectivity index (χ4n) is 2.91. The Kier molecular flexibility index (Phi) is 4.00. The number of H-pyrrole nitrogens is 1. The zero-order valence-corrected chi connectivity index (χ0v) is 15.3. The SMILES string of the molecule is Cc1c(C(=O)NNC(=O)c2c[nH]c3ccccc23)oc2ccc(Br)cc12. The van der Waals surface area contributed by atoms with Crippen LogP contribution in [0.1, 0.15) is 26.5 Å². The van der Waals surface area contributed by atoms with Crippen molar-refractivity contribution in [3.63, 3.8) is 0 Å². The van der Waals surface area contributed by atoms with E-state index in [1.54, 1.807) is 19.2 Å². The Hall–Kier alpha value is -3.06. The molecule has 6 nitrogen and oxygen atoms in total. The van der Waals surface area contributed by atoms with Gasteiger partial charge in [-0.25, -0.2) is 0 Å². The van der Waals surface area contributed by atoms with E-state index in [2.05, 4.69) is 31.8 Å². The van der Waals surface area contributed by atoms with Gasteiger partial charge in [0.2, 0.25) is 0 Å². The minimum absolute atomic E-state index is 0.164. The van der Waals surface area contributed by atoms with Crippen molar-refractivity contribution >= 4 is 49.6 Å². The largest absolute Gasteiger partial charge is 0.451 e. The molecule has 0 atom stereocenters. The van der Waals surface area contributed by atoms with Crippen LogP contribution in [0.25, 0.3) is 21.9 Å². The third kappa shape index (κ3) is 2.76. The van der Waals surface area contributed by atoms with Gasteiger partial charge in [0.1, 0.15) is 5.58 Å². The van der Waals surface area contributed by atoms with Crippen molar-refractivity contribution in [3.8, 4) is 0 Å². The molecule has 3 N–H and O–H groups in total. The number of hydrogen-bond acceptors (Lipinski definition) is 3. The molecular weight excluding hydrogens is 398 g/mol. The van der Waals surface area contributed by atoms with Gasteiger partial charge in [-0.2, -0.15) is 0 Å². The third-order valence-electron chi connectivity index (χ3n) is 4.23. The average molecular weight is 412 g/mol. The highest BCUT2D eigenvalue weighted by Crippen LogP contribution is 2.28. The number of hydrazine groups is 1. The fourth-order valence-corrected chi connectivity index (χ4v) is 3.27. The molecule has 4 aromatic rings. The molecule has 0 aliphatic heterocycles. The first-order valence-corrected chi connectivity index (χ1v) is 8.69. The summed E-state index contributed by atoms with van der Waals surface area (Å²) >= 11 is 3.40. The summed E-state index contributed by atoms with van der Waals surface area (Å²) in [6.07, 6.45) is 1.61. The van der Waals surface area contributed by atoms with Crippen LogP contribution in [0.4, 0.5) is 0 Å². The van der Waals surface area contributed by atoms with Crippen molar-refractivity contribution in [1.29, 1.82) is 0 Å². The van der Waals surface area contributed by atoms with E-state index in [0.717, 1.165) is 20.8 Å². The number of fused-ring (bicyclic) bond motifs is 2. The highest BCUT2D eigenvalue weighted by atomic mass is 79.9. The Bertz CT molecular complexity index is 1160. The lowest BCUT2D eigenvalue weighted by Crippen LogP contribution is -2.41. The average Bonchev–Trinajstić information content (AvgIpc) is 3.21. The van der Waals surface area contributed by atoms with Crippen LogP contribution in [0.15, 0.2) is 57.6 Å². The monoisotopic (exact) mass is 411 g/mol. The van der Waals surface area contributed by atoms with Gasteiger partial charge in [0, 0.05) is 32.5 Å². The molecule has 0 radical (unpaired) electrons. The molecule has 2 aromatic carbocycles. The molecule has 0 saturated carbocycles. The normalized spacial score (nSPS) is 11.0. The van der Waals surface area contributed by atoms with Gasteiger partial charge >= 0.3 is 5.91 Å². The minimum atomic E-state index is -0.511. The minimum Gasteiger partial charge on any atom is -0.451 e. The number of aromatic nitrogens is 1. The number of benzene rings is 2. The smallest absolute Gasteiger partial charge is 0.305 e. The first kappa shape index (κ1) is 16.4. The van der Waals surface area contributed by atoms with Crippen LogP contribution in [0.3, 0.4) is 0 Å². The Morgan fingerprint density at radius 3 is 2.65 bits per heavy atom. The van der Waals surface area contributed by atoms with Crippen molar-refractivity contribution in [2.75, 3.05) is 0 Å². The number of para-hydroxylation sites is 1. The van der Waals surface area contributed by atoms with Gasteiger partial charge in [0.25, 0.3) is 5.91 Å². The standard InChI is InChI=1S/C19H14BrN3O3/c1-10-13-8-11(20)6-7-16(13)26-17(10)19(25)23-22-18(24)14-9-21-15-5-3-2-4-12(14)15/h2-9,21H,1H3,(H,22,24)(H,23,25). The number of hydrogen-bond donors (Lipinski definition) is 3. The third-order valence-corrected chi connectivity index (χ3v) is 4.72. The second-order valence-corrected chi connectivity index (χ2v) is 6.77. The molecule has 2 amide bonds. The topological polar surface area (TPSA) is 87.1 Å². The number of furan rings is 1. The molecule has 7 heteroatoms. The first-order chi connectivity index (χ1) is 12.5. The van der Waals surface area contributed by atoms with Gasteiger partial charge in [-0.05, 0) is 31.2 Å². The number of aryl methyl sites for hydroxylation is 1. The van der Waals surface area contributed by atoms with E-state index < -0.39 is 11.8 Å². The highest BCUT2D eigenvalue weighted by molar-refractivity contribution is 9.10. The number of amides is 2. The van der Waals surface area contributed by atoms with Gasteiger partial charge in [-0.1, -0.05) is 34.1 Å². The summed E-state index contributed by atoms with van der Waals surface area (Å²) in [7, 11) is 0. The molecule has 0 aliphatic carbocycles. The number of rotatable bonds is 2. The number of aromatic amines is 1. The maximum absolute atomic E-state index is 12.4. The van der Waals surface area contributed by atoms with E-state index in [0.29, 0.717) is 16.7 Å². The predicted molar refractivity (Wildman–Crippen MR) is 102 cm³/mol. The molecule has 4 rings (SSSR count). The van der Waals surface area contributed by atoms with Gasteiger partial charge in [0.05, 0.1) is 5.56 Å². The van der Waals surface area contributed by atoms with Gasteiger partial charge in [-0.3, -0.25) is 20.4 Å². The van der Waals surface area contributed by atoms with Gasteiger partial charge in [-0.15, -0.1) is 0 Å². The van der Waals surface area contributed by atoms with Crippen molar-refractivity contribution in [1.82, 2.24) is 15.8 Å². The van der Waals surface area contributed by atoms with Crippen LogP contribution in [-0.2, 0) is 0 Å². The van der Waals surface area contributed by atoms with Crippen LogP contribution in [-0.4, -0.2) is 16.8 Å². The second-order valence-electron chi connectivity index (χ2n) is 5.85. The summed E-state index contributed by atoms with van der Waals surface area (Å²) < 4.78 is 6.52. The first-order valence-electron chi connectivity index (χ1n) is 7.90. The van der Waals surface area contributed by atoms with Crippen molar-refractivity contribution in [2.45, 2.75) is 6.92 Å². The van der Waals surface area contributed by atoms with Gasteiger partial charge in [0.15, 0.2) is 5.76 Å². The molecule has 26 heavy (non-hydrogen) atoms. The van der Waals surface area contributed by atoms with E-state index in [4.69, 9.17) is 4.42 Å². The highest BCUT2D eigenvalue weighted by Gasteiger charge is 2.19. The molecule has 0 aliphatic rings. The zero-order valence-electron chi connectivity index (χ0n) is 13.7. The summed E-state index contributed by atoms with van der Waals surface area (Å²) in [4.78, 5) is 27.8. The number of nitrogens with one attached hydrogen (secondary N) is 3. The van der Waals surface area contributed by atoms with Gasteiger partial charge < -0.3 is 9.40 Å². The molecule has 0 fully saturated rings. The zero-order chi connectivity index (χ0) is 18.3. The van der Waals surface area contributed by atoms with E-state index in [1.807, 2.05) is 36.4 Å². The van der Waals surface area contributed by atoms with Crippen LogP contribution < -0.4 is 10.9 Å². The van der Waals surface area contributed by atoms with Crippen LogP contribution >= 0.6 is 15.9 Å². The Morgan fingerprint density at radius 1 is 1.04 bits per heavy atom. The molecule has 0 bridgehead atoms. The molecule has 2 heterocycles. The summed E-state index contributed by atoms with van der Waals surface area (Å²) in [6, 6.07) is 13.0. The number of carbonyl (C=O) groups excluding carboxylic acids is 2. The van der Waals surface area contributed by atoms with Crippen molar-refractivity contribution in [3.05, 3.63) is 70.0 Å². The lowest BCUT2D eigenvalue weighted by Gasteiger charge is -2.05. The summed E-state index contributed by atoms with van der Waals surface area (Å²) in [5, 5.41) is 1.62. The van der Waals surface area contributed by atoms with E-state index in [1.165, 1.54) is 0 Å². The number of halogens is 1.